The summed E-state index contributed by atoms with van der Waals surface area (Å²) >= 11 is 6.09. The summed E-state index contributed by atoms with van der Waals surface area (Å²) in [6, 6.07) is 10.8. The smallest absolute Gasteiger partial charge is 0.335 e. The van der Waals surface area contributed by atoms with E-state index in [-0.39, 0.29) is 5.56 Å². The fourth-order valence-corrected chi connectivity index (χ4v) is 2.67. The standard InChI is InChI=1S/C17H13ClN2O3/c1-23-20-10-14(18)8-13-6-11(2-3-16(13)20)7-15-9-12(17(21)22)4-5-19-15/h2-6,8-10H,7H2,1H3/p+1. The summed E-state index contributed by atoms with van der Waals surface area (Å²) in [4.78, 5) is 20.5. The highest BCUT2D eigenvalue weighted by Crippen LogP contribution is 2.19. The van der Waals surface area contributed by atoms with E-state index in [9.17, 15) is 4.79 Å². The van der Waals surface area contributed by atoms with Crippen LogP contribution in [0.1, 0.15) is 21.6 Å². The van der Waals surface area contributed by atoms with Gasteiger partial charge in [0, 0.05) is 29.1 Å². The molecule has 3 rings (SSSR count). The summed E-state index contributed by atoms with van der Waals surface area (Å²) in [6.45, 7) is 0. The van der Waals surface area contributed by atoms with E-state index < -0.39 is 5.97 Å². The van der Waals surface area contributed by atoms with Gasteiger partial charge in [0.05, 0.1) is 10.9 Å². The second-order valence-corrected chi connectivity index (χ2v) is 5.51. The van der Waals surface area contributed by atoms with Crippen LogP contribution in [0.15, 0.2) is 48.8 Å². The van der Waals surface area contributed by atoms with Crippen LogP contribution in [-0.2, 0) is 6.42 Å². The lowest BCUT2D eigenvalue weighted by Crippen LogP contribution is -2.40. The zero-order chi connectivity index (χ0) is 16.4. The van der Waals surface area contributed by atoms with Crippen molar-refractivity contribution in [1.29, 1.82) is 0 Å². The Hall–Kier alpha value is -2.66. The molecule has 6 heteroatoms. The third-order valence-corrected chi connectivity index (χ3v) is 3.72. The summed E-state index contributed by atoms with van der Waals surface area (Å²) < 4.78 is 1.60. The quantitative estimate of drug-likeness (QED) is 0.747. The molecule has 0 radical (unpaired) electrons. The predicted octanol–water partition coefficient (Wildman–Crippen LogP) is 2.52. The van der Waals surface area contributed by atoms with Crippen molar-refractivity contribution in [2.45, 2.75) is 6.42 Å². The first kappa shape index (κ1) is 15.2. The molecule has 2 aromatic heterocycles. The Morgan fingerprint density at radius 1 is 1.30 bits per heavy atom. The van der Waals surface area contributed by atoms with E-state index >= 15 is 0 Å². The molecule has 3 aromatic rings. The number of pyridine rings is 2. The number of halogens is 1. The number of carboxylic acids is 1. The van der Waals surface area contributed by atoms with Crippen molar-refractivity contribution >= 4 is 28.5 Å². The van der Waals surface area contributed by atoms with Gasteiger partial charge in [-0.05, 0) is 29.8 Å². The number of aromatic carboxylic acids is 1. The van der Waals surface area contributed by atoms with Gasteiger partial charge in [-0.3, -0.25) is 9.82 Å². The molecule has 0 aliphatic carbocycles. The number of carboxylic acid groups (broad SMARTS) is 1. The molecule has 1 N–H and O–H groups in total. The Labute approximate surface area is 137 Å². The van der Waals surface area contributed by atoms with Crippen LogP contribution in [0.4, 0.5) is 0 Å². The molecule has 5 nitrogen and oxygen atoms in total. The van der Waals surface area contributed by atoms with Crippen LogP contribution < -0.4 is 9.57 Å². The Balaban J connectivity index is 1.98. The number of fused-ring (bicyclic) bond motifs is 1. The second kappa shape index (κ2) is 6.22. The number of benzene rings is 1. The van der Waals surface area contributed by atoms with Gasteiger partial charge >= 0.3 is 5.97 Å². The van der Waals surface area contributed by atoms with E-state index in [1.54, 1.807) is 24.1 Å². The molecule has 0 spiro atoms. The average molecular weight is 330 g/mol. The molecule has 0 bridgehead atoms. The molecule has 0 atom stereocenters. The summed E-state index contributed by atoms with van der Waals surface area (Å²) in [6.07, 6.45) is 3.74. The third kappa shape index (κ3) is 3.24. The minimum Gasteiger partial charge on any atom is -0.478 e. The van der Waals surface area contributed by atoms with Gasteiger partial charge in [-0.1, -0.05) is 17.7 Å². The number of carbonyl (C=O) groups is 1. The summed E-state index contributed by atoms with van der Waals surface area (Å²) in [5.41, 5.74) is 2.84. The van der Waals surface area contributed by atoms with Gasteiger partial charge in [0.15, 0.2) is 0 Å². The van der Waals surface area contributed by atoms with Crippen molar-refractivity contribution in [1.82, 2.24) is 4.98 Å². The number of aromatic nitrogens is 2. The molecule has 1 aromatic carbocycles. The van der Waals surface area contributed by atoms with Crippen molar-refractivity contribution < 1.29 is 19.5 Å². The Kier molecular flexibility index (Phi) is 4.12. The molecular weight excluding hydrogens is 316 g/mol. The molecule has 0 saturated carbocycles. The van der Waals surface area contributed by atoms with E-state index in [1.807, 2.05) is 24.3 Å². The van der Waals surface area contributed by atoms with Gasteiger partial charge < -0.3 is 5.11 Å². The Morgan fingerprint density at radius 3 is 2.87 bits per heavy atom. The maximum absolute atomic E-state index is 11.0. The van der Waals surface area contributed by atoms with Gasteiger partial charge in [-0.25, -0.2) is 4.79 Å². The van der Waals surface area contributed by atoms with Crippen molar-refractivity contribution in [3.63, 3.8) is 0 Å². The first-order valence-corrected chi connectivity index (χ1v) is 7.31. The highest BCUT2D eigenvalue weighted by molar-refractivity contribution is 6.30. The van der Waals surface area contributed by atoms with E-state index in [4.69, 9.17) is 21.5 Å². The molecule has 0 fully saturated rings. The summed E-state index contributed by atoms with van der Waals surface area (Å²) in [5, 5.41) is 10.6. The topological polar surface area (TPSA) is 63.3 Å². The average Bonchev–Trinajstić information content (AvgIpc) is 2.54. The second-order valence-electron chi connectivity index (χ2n) is 5.08. The lowest BCUT2D eigenvalue weighted by molar-refractivity contribution is -0.865. The van der Waals surface area contributed by atoms with E-state index in [0.29, 0.717) is 17.1 Å². The lowest BCUT2D eigenvalue weighted by atomic mass is 10.1. The summed E-state index contributed by atoms with van der Waals surface area (Å²) in [5.74, 6) is -0.958. The molecule has 0 aliphatic rings. The van der Waals surface area contributed by atoms with Gasteiger partial charge in [0.2, 0.25) is 6.20 Å². The molecule has 0 unspecified atom stereocenters. The van der Waals surface area contributed by atoms with Crippen LogP contribution in [0.3, 0.4) is 0 Å². The SMILES string of the molecule is CO[n+]1cc(Cl)cc2cc(Cc3cc(C(=O)O)ccn3)ccc21. The van der Waals surface area contributed by atoms with Gasteiger partial charge in [0.25, 0.3) is 5.52 Å². The first-order chi connectivity index (χ1) is 11.1. The largest absolute Gasteiger partial charge is 0.478 e. The van der Waals surface area contributed by atoms with Crippen LogP contribution in [-0.4, -0.2) is 23.2 Å². The van der Waals surface area contributed by atoms with E-state index in [0.717, 1.165) is 16.5 Å². The highest BCUT2D eigenvalue weighted by atomic mass is 35.5. The molecule has 116 valence electrons. The van der Waals surface area contributed by atoms with Crippen molar-refractivity contribution in [3.05, 3.63) is 70.6 Å². The normalized spacial score (nSPS) is 10.7. The summed E-state index contributed by atoms with van der Waals surface area (Å²) in [7, 11) is 1.57. The number of rotatable bonds is 4. The molecule has 0 saturated heterocycles. The maximum atomic E-state index is 11.0. The molecule has 23 heavy (non-hydrogen) atoms. The Morgan fingerprint density at radius 2 is 2.13 bits per heavy atom. The molecule has 0 amide bonds. The van der Waals surface area contributed by atoms with Crippen molar-refractivity contribution in [2.75, 3.05) is 7.11 Å². The fourth-order valence-electron chi connectivity index (χ4n) is 2.47. The zero-order valence-electron chi connectivity index (χ0n) is 12.4. The van der Waals surface area contributed by atoms with E-state index in [2.05, 4.69) is 4.98 Å². The number of hydrogen-bond acceptors (Lipinski definition) is 3. The molecule has 0 aliphatic heterocycles. The van der Waals surface area contributed by atoms with Crippen molar-refractivity contribution in [2.24, 2.45) is 0 Å². The molecule has 2 heterocycles. The zero-order valence-corrected chi connectivity index (χ0v) is 13.1. The lowest BCUT2D eigenvalue weighted by Gasteiger charge is -2.04. The van der Waals surface area contributed by atoms with Crippen LogP contribution in [0.5, 0.6) is 0 Å². The molecular formula is C17H14ClN2O3+. The minimum atomic E-state index is -0.958. The van der Waals surface area contributed by atoms with Crippen molar-refractivity contribution in [3.8, 4) is 0 Å². The first-order valence-electron chi connectivity index (χ1n) is 6.93. The van der Waals surface area contributed by atoms with Crippen LogP contribution in [0.25, 0.3) is 10.9 Å². The monoisotopic (exact) mass is 329 g/mol. The van der Waals surface area contributed by atoms with Crippen LogP contribution in [0, 0.1) is 0 Å². The Bertz CT molecular complexity index is 896. The van der Waals surface area contributed by atoms with Gasteiger partial charge in [0.1, 0.15) is 12.1 Å². The van der Waals surface area contributed by atoms with Gasteiger partial charge in [-0.2, -0.15) is 0 Å². The third-order valence-electron chi connectivity index (χ3n) is 3.51. The van der Waals surface area contributed by atoms with Crippen LogP contribution in [0.2, 0.25) is 5.02 Å². The fraction of sp³-hybridized carbons (Fsp3) is 0.118. The van der Waals surface area contributed by atoms with Gasteiger partial charge in [-0.15, -0.1) is 0 Å². The van der Waals surface area contributed by atoms with Crippen LogP contribution >= 0.6 is 11.6 Å². The predicted molar refractivity (Wildman–Crippen MR) is 85.7 cm³/mol. The van der Waals surface area contributed by atoms with E-state index in [1.165, 1.54) is 12.3 Å². The maximum Gasteiger partial charge on any atom is 0.335 e. The minimum absolute atomic E-state index is 0.232. The number of hydrogen-bond donors (Lipinski definition) is 1. The highest BCUT2D eigenvalue weighted by Gasteiger charge is 2.13. The number of nitrogens with zero attached hydrogens (tertiary/aromatic N) is 2.